The van der Waals surface area contributed by atoms with Crippen molar-refractivity contribution >= 4 is 49.0 Å². The van der Waals surface area contributed by atoms with Gasteiger partial charge in [0.1, 0.15) is 0 Å². The van der Waals surface area contributed by atoms with Crippen molar-refractivity contribution in [2.24, 2.45) is 0 Å². The lowest BCUT2D eigenvalue weighted by molar-refractivity contribution is 0.617. The minimum atomic E-state index is -3.65. The van der Waals surface area contributed by atoms with E-state index in [4.69, 9.17) is 33.9 Å². The summed E-state index contributed by atoms with van der Waals surface area (Å²) < 4.78 is 21.2. The number of benzene rings is 1. The maximum atomic E-state index is 10.6. The average Bonchev–Trinajstić information content (AvgIpc) is 2.00. The Kier molecular flexibility index (Phi) is 3.84. The molecule has 0 saturated heterocycles. The van der Waals surface area contributed by atoms with Crippen molar-refractivity contribution in [1.82, 2.24) is 0 Å². The summed E-state index contributed by atoms with van der Waals surface area (Å²) in [5.74, 6) is 0. The largest absolute Gasteiger partial charge is 0.254 e. The molecule has 0 radical (unpaired) electrons. The zero-order chi connectivity index (χ0) is 10.8. The topological polar surface area (TPSA) is 34.1 Å². The van der Waals surface area contributed by atoms with E-state index in [1.165, 1.54) is 12.1 Å². The van der Waals surface area contributed by atoms with Crippen molar-refractivity contribution in [2.75, 3.05) is 0 Å². The van der Waals surface area contributed by atoms with Crippen LogP contribution in [0.4, 0.5) is 0 Å². The molecular weight excluding hydrogens is 267 g/mol. The van der Waals surface area contributed by atoms with Gasteiger partial charge in [-0.15, -0.1) is 0 Å². The van der Waals surface area contributed by atoms with E-state index in [0.29, 0.717) is 15.6 Å². The van der Waals surface area contributed by atoms with Crippen LogP contribution in [0.2, 0.25) is 10.0 Å². The monoisotopic (exact) mass is 270 g/mol. The molecule has 14 heavy (non-hydrogen) atoms. The van der Waals surface area contributed by atoms with E-state index >= 15 is 0 Å². The van der Waals surface area contributed by atoms with Gasteiger partial charge in [0, 0.05) is 26.1 Å². The zero-order valence-electron chi connectivity index (χ0n) is 6.75. The molecule has 0 saturated carbocycles. The fourth-order valence-corrected chi connectivity index (χ4v) is 1.73. The molecule has 0 bridgehead atoms. The lowest BCUT2D eigenvalue weighted by Crippen LogP contribution is -1.80. The van der Waals surface area contributed by atoms with Gasteiger partial charge in [0.2, 0.25) is 0 Å². The third-order valence-corrected chi connectivity index (χ3v) is 2.70. The first kappa shape index (κ1) is 11.9. The molecule has 0 amide bonds. The van der Waals surface area contributed by atoms with Crippen molar-refractivity contribution in [3.63, 3.8) is 0 Å². The van der Waals surface area contributed by atoms with Crippen molar-refractivity contribution < 1.29 is 8.42 Å². The first-order valence-electron chi connectivity index (χ1n) is 3.46. The highest BCUT2D eigenvalue weighted by molar-refractivity contribution is 8.16. The summed E-state index contributed by atoms with van der Waals surface area (Å²) in [6.45, 7) is 0. The van der Waals surface area contributed by atoms with Gasteiger partial charge in [-0.25, -0.2) is 8.42 Å². The number of rotatable bonds is 2. The minimum absolute atomic E-state index is 0.370. The second-order valence-corrected chi connectivity index (χ2v) is 5.80. The Morgan fingerprint density at radius 3 is 2.36 bits per heavy atom. The third-order valence-electron chi connectivity index (χ3n) is 1.37. The Labute approximate surface area is 96.5 Å². The van der Waals surface area contributed by atoms with Gasteiger partial charge in [-0.05, 0) is 23.8 Å². The molecule has 0 aromatic heterocycles. The van der Waals surface area contributed by atoms with Crippen LogP contribution < -0.4 is 0 Å². The fourth-order valence-electron chi connectivity index (χ4n) is 0.791. The van der Waals surface area contributed by atoms with E-state index in [0.717, 1.165) is 5.41 Å². The predicted octanol–water partition coefficient (Wildman–Crippen LogP) is 3.53. The van der Waals surface area contributed by atoms with E-state index in [1.54, 1.807) is 12.1 Å². The van der Waals surface area contributed by atoms with Crippen LogP contribution in [0.25, 0.3) is 6.08 Å². The zero-order valence-corrected chi connectivity index (χ0v) is 9.83. The summed E-state index contributed by atoms with van der Waals surface area (Å²) in [5, 5.41) is 1.72. The first-order valence-corrected chi connectivity index (χ1v) is 6.59. The van der Waals surface area contributed by atoms with Crippen LogP contribution in [0.3, 0.4) is 0 Å². The molecule has 2 nitrogen and oxygen atoms in total. The molecule has 0 aliphatic heterocycles. The normalized spacial score (nSPS) is 12.2. The van der Waals surface area contributed by atoms with Crippen molar-refractivity contribution in [2.45, 2.75) is 0 Å². The van der Waals surface area contributed by atoms with Gasteiger partial charge in [0.25, 0.3) is 9.05 Å². The Morgan fingerprint density at radius 2 is 1.86 bits per heavy atom. The molecular formula is C8H5Cl3O2S. The SMILES string of the molecule is O=S(=O)(Cl)C=Cc1ccc(Cl)cc1Cl. The summed E-state index contributed by atoms with van der Waals surface area (Å²) in [6, 6.07) is 4.72. The maximum Gasteiger partial charge on any atom is 0.254 e. The molecule has 1 aromatic carbocycles. The maximum absolute atomic E-state index is 10.6. The van der Waals surface area contributed by atoms with Crippen LogP contribution in [0, 0.1) is 0 Å². The van der Waals surface area contributed by atoms with Crippen molar-refractivity contribution in [3.05, 3.63) is 39.2 Å². The van der Waals surface area contributed by atoms with Crippen LogP contribution in [0.1, 0.15) is 5.56 Å². The smallest absolute Gasteiger partial charge is 0.208 e. The Hall–Kier alpha value is -0.220. The van der Waals surface area contributed by atoms with Crippen LogP contribution in [-0.2, 0) is 9.05 Å². The van der Waals surface area contributed by atoms with E-state index in [2.05, 4.69) is 0 Å². The predicted molar refractivity (Wildman–Crippen MR) is 60.3 cm³/mol. The van der Waals surface area contributed by atoms with Crippen LogP contribution >= 0.6 is 33.9 Å². The lowest BCUT2D eigenvalue weighted by Gasteiger charge is -1.97. The molecule has 0 fully saturated rings. The van der Waals surface area contributed by atoms with Gasteiger partial charge < -0.3 is 0 Å². The molecule has 0 unspecified atom stereocenters. The second kappa shape index (κ2) is 4.53. The molecule has 0 atom stereocenters. The molecule has 0 N–H and O–H groups in total. The van der Waals surface area contributed by atoms with E-state index in [1.807, 2.05) is 0 Å². The lowest BCUT2D eigenvalue weighted by atomic mass is 10.2. The first-order chi connectivity index (χ1) is 6.38. The van der Waals surface area contributed by atoms with Gasteiger partial charge in [-0.1, -0.05) is 29.3 Å². The van der Waals surface area contributed by atoms with Gasteiger partial charge >= 0.3 is 0 Å². The van der Waals surface area contributed by atoms with E-state index in [-0.39, 0.29) is 0 Å². The van der Waals surface area contributed by atoms with Crippen LogP contribution in [0.5, 0.6) is 0 Å². The molecule has 76 valence electrons. The Morgan fingerprint density at radius 1 is 1.21 bits per heavy atom. The molecule has 0 heterocycles. The highest BCUT2D eigenvalue weighted by atomic mass is 35.7. The van der Waals surface area contributed by atoms with E-state index < -0.39 is 9.05 Å². The minimum Gasteiger partial charge on any atom is -0.208 e. The molecule has 0 spiro atoms. The second-order valence-electron chi connectivity index (χ2n) is 2.44. The van der Waals surface area contributed by atoms with Crippen LogP contribution in [0.15, 0.2) is 23.6 Å². The Bertz CT molecular complexity index is 465. The quantitative estimate of drug-likeness (QED) is 0.771. The molecule has 0 aliphatic carbocycles. The number of halogens is 3. The van der Waals surface area contributed by atoms with Gasteiger partial charge in [0.15, 0.2) is 0 Å². The number of hydrogen-bond donors (Lipinski definition) is 0. The van der Waals surface area contributed by atoms with Gasteiger partial charge in [0.05, 0.1) is 0 Å². The molecule has 1 rings (SSSR count). The number of hydrogen-bond acceptors (Lipinski definition) is 2. The molecule has 1 aromatic rings. The van der Waals surface area contributed by atoms with Crippen molar-refractivity contribution in [3.8, 4) is 0 Å². The highest BCUT2D eigenvalue weighted by Gasteiger charge is 2.00. The van der Waals surface area contributed by atoms with Gasteiger partial charge in [-0.2, -0.15) is 0 Å². The standard InChI is InChI=1S/C8H5Cl3O2S/c9-7-2-1-6(8(10)5-7)3-4-14(11,12)13/h1-5H. The van der Waals surface area contributed by atoms with Gasteiger partial charge in [-0.3, -0.25) is 0 Å². The van der Waals surface area contributed by atoms with Crippen LogP contribution in [-0.4, -0.2) is 8.42 Å². The Balaban J connectivity index is 3.05. The summed E-state index contributed by atoms with van der Waals surface area (Å²) in [7, 11) is 1.33. The summed E-state index contributed by atoms with van der Waals surface area (Å²) in [6.07, 6.45) is 1.31. The van der Waals surface area contributed by atoms with Crippen molar-refractivity contribution in [1.29, 1.82) is 0 Å². The molecule has 0 aliphatic rings. The summed E-state index contributed by atoms with van der Waals surface area (Å²) in [5.41, 5.74) is 0.542. The fraction of sp³-hybridized carbons (Fsp3) is 0. The summed E-state index contributed by atoms with van der Waals surface area (Å²) >= 11 is 11.4. The third kappa shape index (κ3) is 3.88. The molecule has 6 heteroatoms. The summed E-state index contributed by atoms with van der Waals surface area (Å²) in [4.78, 5) is 0. The average molecular weight is 272 g/mol. The van der Waals surface area contributed by atoms with E-state index in [9.17, 15) is 8.42 Å². The highest BCUT2D eigenvalue weighted by Crippen LogP contribution is 2.22.